The van der Waals surface area contributed by atoms with Crippen LogP contribution in [0.4, 0.5) is 20.3 Å². The fourth-order valence-electron chi connectivity index (χ4n) is 2.39. The SMILES string of the molecule is N#Cc1nc(Nc2ccc(I)cc2F)c(C(=O)OC2CC(O)C2)cc1F. The summed E-state index contributed by atoms with van der Waals surface area (Å²) in [5, 5.41) is 20.8. The quantitative estimate of drug-likeness (QED) is 0.526. The predicted molar refractivity (Wildman–Crippen MR) is 95.8 cm³/mol. The highest BCUT2D eigenvalue weighted by Gasteiger charge is 2.32. The lowest BCUT2D eigenvalue weighted by atomic mass is 9.92. The Morgan fingerprint density at radius 3 is 2.69 bits per heavy atom. The fourth-order valence-corrected chi connectivity index (χ4v) is 2.84. The van der Waals surface area contributed by atoms with Crippen molar-refractivity contribution < 1.29 is 23.4 Å². The van der Waals surface area contributed by atoms with E-state index in [1.165, 1.54) is 12.1 Å². The standard InChI is InChI=1S/C17H12F2IN3O3/c18-12-3-8(20)1-2-14(12)22-16-11(6-13(19)15(7-21)23-16)17(25)26-10-4-9(24)5-10/h1-3,6,9-10,24H,4-5H2,(H,22,23). The number of benzene rings is 1. The highest BCUT2D eigenvalue weighted by molar-refractivity contribution is 14.1. The summed E-state index contributed by atoms with van der Waals surface area (Å²) in [5.74, 6) is -2.64. The third-order valence-corrected chi connectivity index (χ3v) is 4.50. The van der Waals surface area contributed by atoms with Crippen LogP contribution in [0.5, 0.6) is 0 Å². The largest absolute Gasteiger partial charge is 0.458 e. The molecule has 0 amide bonds. The van der Waals surface area contributed by atoms with Crippen molar-refractivity contribution in [2.75, 3.05) is 5.32 Å². The molecule has 134 valence electrons. The maximum Gasteiger partial charge on any atom is 0.342 e. The molecule has 1 saturated carbocycles. The molecule has 0 spiro atoms. The minimum absolute atomic E-state index is 0.0153. The van der Waals surface area contributed by atoms with E-state index >= 15 is 0 Å². The van der Waals surface area contributed by atoms with Gasteiger partial charge in [0.1, 0.15) is 29.4 Å². The van der Waals surface area contributed by atoms with Crippen molar-refractivity contribution in [3.8, 4) is 6.07 Å². The molecule has 1 fully saturated rings. The Hall–Kier alpha value is -2.32. The van der Waals surface area contributed by atoms with E-state index in [4.69, 9.17) is 10.00 Å². The maximum atomic E-state index is 14.1. The summed E-state index contributed by atoms with van der Waals surface area (Å²) >= 11 is 1.94. The number of pyridine rings is 1. The van der Waals surface area contributed by atoms with Crippen LogP contribution in [0.3, 0.4) is 0 Å². The number of nitriles is 1. The van der Waals surface area contributed by atoms with Gasteiger partial charge in [-0.05, 0) is 46.9 Å². The van der Waals surface area contributed by atoms with Crippen LogP contribution in [-0.2, 0) is 4.74 Å². The number of anilines is 2. The number of hydrogen-bond donors (Lipinski definition) is 2. The van der Waals surface area contributed by atoms with Gasteiger partial charge in [-0.25, -0.2) is 18.6 Å². The van der Waals surface area contributed by atoms with Gasteiger partial charge in [0.25, 0.3) is 0 Å². The topological polar surface area (TPSA) is 95.2 Å². The first-order valence-electron chi connectivity index (χ1n) is 7.59. The first-order valence-corrected chi connectivity index (χ1v) is 8.67. The third kappa shape index (κ3) is 3.91. The Bertz CT molecular complexity index is 911. The predicted octanol–water partition coefficient (Wildman–Crippen LogP) is 3.26. The molecule has 0 atom stereocenters. The number of rotatable bonds is 4. The maximum absolute atomic E-state index is 14.1. The Kier molecular flexibility index (Phi) is 5.33. The fraction of sp³-hybridized carbons (Fsp3) is 0.235. The molecule has 26 heavy (non-hydrogen) atoms. The number of nitrogens with one attached hydrogen (secondary N) is 1. The molecule has 1 heterocycles. The van der Waals surface area contributed by atoms with Crippen molar-refractivity contribution in [3.05, 3.63) is 50.7 Å². The van der Waals surface area contributed by atoms with E-state index in [0.717, 1.165) is 6.07 Å². The minimum atomic E-state index is -0.985. The lowest BCUT2D eigenvalue weighted by molar-refractivity contribution is -0.0466. The van der Waals surface area contributed by atoms with Gasteiger partial charge in [-0.3, -0.25) is 0 Å². The van der Waals surface area contributed by atoms with Crippen molar-refractivity contribution in [1.82, 2.24) is 4.98 Å². The molecule has 1 aromatic carbocycles. The van der Waals surface area contributed by atoms with Gasteiger partial charge in [-0.2, -0.15) is 5.26 Å². The zero-order valence-corrected chi connectivity index (χ0v) is 15.3. The highest BCUT2D eigenvalue weighted by Crippen LogP contribution is 2.28. The molecule has 3 rings (SSSR count). The number of ether oxygens (including phenoxy) is 1. The molecule has 0 radical (unpaired) electrons. The third-order valence-electron chi connectivity index (χ3n) is 3.83. The average Bonchev–Trinajstić information content (AvgIpc) is 2.56. The summed E-state index contributed by atoms with van der Waals surface area (Å²) < 4.78 is 33.8. The van der Waals surface area contributed by atoms with Crippen molar-refractivity contribution in [2.45, 2.75) is 25.0 Å². The second-order valence-electron chi connectivity index (χ2n) is 5.73. The summed E-state index contributed by atoms with van der Waals surface area (Å²) in [6, 6.07) is 6.74. The first-order chi connectivity index (χ1) is 12.4. The number of hydrogen-bond acceptors (Lipinski definition) is 6. The second kappa shape index (κ2) is 7.51. The van der Waals surface area contributed by atoms with Crippen LogP contribution in [0.15, 0.2) is 24.3 Å². The van der Waals surface area contributed by atoms with Gasteiger partial charge in [0.2, 0.25) is 0 Å². The van der Waals surface area contributed by atoms with Gasteiger partial charge in [0.05, 0.1) is 11.8 Å². The molecule has 1 aromatic heterocycles. The minimum Gasteiger partial charge on any atom is -0.458 e. The smallest absolute Gasteiger partial charge is 0.342 e. The lowest BCUT2D eigenvalue weighted by Gasteiger charge is -2.30. The molecular formula is C17H12F2IN3O3. The van der Waals surface area contributed by atoms with E-state index in [2.05, 4.69) is 10.3 Å². The van der Waals surface area contributed by atoms with E-state index in [1.54, 1.807) is 12.1 Å². The number of halogens is 3. The number of carbonyl (C=O) groups is 1. The molecule has 0 aliphatic heterocycles. The summed E-state index contributed by atoms with van der Waals surface area (Å²) in [5.41, 5.74) is -0.781. The normalized spacial score (nSPS) is 18.6. The van der Waals surface area contributed by atoms with Crippen LogP contribution >= 0.6 is 22.6 Å². The van der Waals surface area contributed by atoms with Gasteiger partial charge < -0.3 is 15.2 Å². The first kappa shape index (κ1) is 18.5. The Balaban J connectivity index is 1.93. The van der Waals surface area contributed by atoms with Crippen LogP contribution in [0.1, 0.15) is 28.9 Å². The van der Waals surface area contributed by atoms with E-state index in [9.17, 15) is 18.7 Å². The zero-order chi connectivity index (χ0) is 18.8. The number of carbonyl (C=O) groups excluding carboxylic acids is 1. The van der Waals surface area contributed by atoms with Crippen LogP contribution in [0.25, 0.3) is 0 Å². The molecule has 9 heteroatoms. The van der Waals surface area contributed by atoms with Crippen LogP contribution in [0.2, 0.25) is 0 Å². The van der Waals surface area contributed by atoms with Gasteiger partial charge >= 0.3 is 5.97 Å². The molecule has 2 N–H and O–H groups in total. The Labute approximate surface area is 160 Å². The second-order valence-corrected chi connectivity index (χ2v) is 6.97. The van der Waals surface area contributed by atoms with Crippen LogP contribution in [-0.4, -0.2) is 28.3 Å². The number of nitrogens with zero attached hydrogens (tertiary/aromatic N) is 2. The summed E-state index contributed by atoms with van der Waals surface area (Å²) in [6.45, 7) is 0. The molecule has 1 aliphatic carbocycles. The van der Waals surface area contributed by atoms with Crippen molar-refractivity contribution in [2.24, 2.45) is 0 Å². The van der Waals surface area contributed by atoms with Gasteiger partial charge in [0, 0.05) is 16.4 Å². The number of aromatic nitrogens is 1. The monoisotopic (exact) mass is 471 g/mol. The Morgan fingerprint density at radius 2 is 2.08 bits per heavy atom. The number of aliphatic hydroxyl groups is 1. The van der Waals surface area contributed by atoms with Crippen LogP contribution in [0, 0.1) is 26.5 Å². The molecule has 0 bridgehead atoms. The summed E-state index contributed by atoms with van der Waals surface area (Å²) in [6.07, 6.45) is -0.403. The molecule has 1 aliphatic rings. The molecule has 6 nitrogen and oxygen atoms in total. The summed E-state index contributed by atoms with van der Waals surface area (Å²) in [4.78, 5) is 16.1. The van der Waals surface area contributed by atoms with E-state index in [0.29, 0.717) is 16.4 Å². The number of aliphatic hydroxyl groups excluding tert-OH is 1. The molecular weight excluding hydrogens is 459 g/mol. The van der Waals surface area contributed by atoms with Gasteiger partial charge in [-0.1, -0.05) is 0 Å². The molecule has 0 saturated heterocycles. The highest BCUT2D eigenvalue weighted by atomic mass is 127. The molecule has 0 unspecified atom stereocenters. The van der Waals surface area contributed by atoms with Crippen molar-refractivity contribution in [3.63, 3.8) is 0 Å². The average molecular weight is 471 g/mol. The van der Waals surface area contributed by atoms with Gasteiger partial charge in [0.15, 0.2) is 11.5 Å². The summed E-state index contributed by atoms with van der Waals surface area (Å²) in [7, 11) is 0. The van der Waals surface area contributed by atoms with Gasteiger partial charge in [-0.15, -0.1) is 0 Å². The number of esters is 1. The van der Waals surface area contributed by atoms with Crippen molar-refractivity contribution in [1.29, 1.82) is 5.26 Å². The van der Waals surface area contributed by atoms with E-state index in [1.807, 2.05) is 22.6 Å². The lowest BCUT2D eigenvalue weighted by Crippen LogP contribution is -2.37. The molecule has 2 aromatic rings. The Morgan fingerprint density at radius 1 is 1.35 bits per heavy atom. The zero-order valence-electron chi connectivity index (χ0n) is 13.2. The van der Waals surface area contributed by atoms with E-state index in [-0.39, 0.29) is 17.1 Å². The van der Waals surface area contributed by atoms with Crippen LogP contribution < -0.4 is 5.32 Å². The van der Waals surface area contributed by atoms with E-state index < -0.39 is 35.5 Å². The van der Waals surface area contributed by atoms with Crippen molar-refractivity contribution >= 4 is 40.1 Å².